The lowest BCUT2D eigenvalue weighted by molar-refractivity contribution is -0.142. The first-order valence-electron chi connectivity index (χ1n) is 20.2. The summed E-state index contributed by atoms with van der Waals surface area (Å²) in [7, 11) is 0. The van der Waals surface area contributed by atoms with E-state index in [0.717, 1.165) is 33.4 Å². The molecule has 7 rings (SSSR count). The van der Waals surface area contributed by atoms with Gasteiger partial charge in [-0.2, -0.15) is 0 Å². The Hall–Kier alpha value is -6.75. The minimum absolute atomic E-state index is 0.0444. The van der Waals surface area contributed by atoms with Crippen molar-refractivity contribution in [3.63, 3.8) is 0 Å². The number of carbonyl (C=O) groups excluding carboxylic acids is 4. The molecule has 2 aliphatic rings. The van der Waals surface area contributed by atoms with Gasteiger partial charge in [0.15, 0.2) is 6.61 Å². The van der Waals surface area contributed by atoms with Crippen LogP contribution in [0.2, 0.25) is 0 Å². The van der Waals surface area contributed by atoms with Crippen LogP contribution in [0.5, 0.6) is 5.75 Å². The molecule has 0 fully saturated rings. The van der Waals surface area contributed by atoms with Crippen molar-refractivity contribution >= 4 is 29.6 Å². The van der Waals surface area contributed by atoms with Gasteiger partial charge in [0.1, 0.15) is 29.9 Å². The van der Waals surface area contributed by atoms with E-state index >= 15 is 0 Å². The first kappa shape index (κ1) is 42.8. The zero-order chi connectivity index (χ0) is 42.6. The number of aryl methyl sites for hydroxylation is 1. The number of carbonyl (C=O) groups is 5. The molecule has 0 aromatic heterocycles. The molecule has 5 aromatic rings. The van der Waals surface area contributed by atoms with Crippen LogP contribution in [0.4, 0.5) is 0 Å². The predicted molar refractivity (Wildman–Crippen MR) is 230 cm³/mol. The van der Waals surface area contributed by atoms with Gasteiger partial charge in [-0.05, 0) is 69.3 Å². The topological polar surface area (TPSA) is 163 Å². The summed E-state index contributed by atoms with van der Waals surface area (Å²) in [5.41, 5.74) is 6.05. The van der Waals surface area contributed by atoms with Crippen LogP contribution in [0.1, 0.15) is 55.0 Å². The Morgan fingerprint density at radius 1 is 0.600 bits per heavy atom. The van der Waals surface area contributed by atoms with Crippen LogP contribution in [0, 0.1) is 0 Å². The van der Waals surface area contributed by atoms with Crippen LogP contribution in [-0.4, -0.2) is 65.5 Å². The Balaban J connectivity index is 1.34. The maximum atomic E-state index is 14.5. The van der Waals surface area contributed by atoms with Gasteiger partial charge in [0.25, 0.3) is 5.91 Å². The van der Waals surface area contributed by atoms with Crippen LogP contribution < -0.4 is 26.0 Å². The number of rotatable bonds is 9. The number of hydrogen-bond donors (Lipinski definition) is 5. The number of aliphatic carboxylic acids is 1. The molecule has 60 heavy (non-hydrogen) atoms. The third-order valence-electron chi connectivity index (χ3n) is 10.6. The van der Waals surface area contributed by atoms with Gasteiger partial charge in [0, 0.05) is 19.3 Å². The molecule has 11 heteroatoms. The van der Waals surface area contributed by atoms with Crippen LogP contribution in [0.3, 0.4) is 0 Å². The first-order chi connectivity index (χ1) is 28.8. The number of carboxylic acids is 1. The summed E-state index contributed by atoms with van der Waals surface area (Å²) in [6, 6.07) is 36.5. The van der Waals surface area contributed by atoms with Crippen molar-refractivity contribution in [3.05, 3.63) is 161 Å². The monoisotopic (exact) mass is 808 g/mol. The van der Waals surface area contributed by atoms with Crippen LogP contribution in [0.15, 0.2) is 133 Å². The van der Waals surface area contributed by atoms with Gasteiger partial charge < -0.3 is 31.1 Å². The summed E-state index contributed by atoms with van der Waals surface area (Å²) in [6.45, 7) is 5.92. The molecule has 4 atom stereocenters. The lowest BCUT2D eigenvalue weighted by Crippen LogP contribution is -2.59. The first-order valence-corrected chi connectivity index (χ1v) is 20.2. The third kappa shape index (κ3) is 12.1. The molecule has 4 amide bonds. The highest BCUT2D eigenvalue weighted by Gasteiger charge is 2.32. The Bertz CT molecular complexity index is 2240. The Morgan fingerprint density at radius 2 is 1.12 bits per heavy atom. The number of ether oxygens (including phenoxy) is 1. The molecular formula is C49H52N4O7. The molecule has 0 spiro atoms. The predicted octanol–water partition coefficient (Wildman–Crippen LogP) is 5.73. The number of amides is 4. The summed E-state index contributed by atoms with van der Waals surface area (Å²) in [5, 5.41) is 21.4. The molecule has 5 N–H and O–H groups in total. The van der Waals surface area contributed by atoms with Crippen LogP contribution in [-0.2, 0) is 55.1 Å². The average Bonchev–Trinajstić information content (AvgIpc) is 3.24. The highest BCUT2D eigenvalue weighted by atomic mass is 16.5. The van der Waals surface area contributed by atoms with E-state index in [4.69, 9.17) is 4.74 Å². The molecule has 0 unspecified atom stereocenters. The molecule has 0 saturated carbocycles. The molecule has 2 bridgehead atoms. The number of fused-ring (bicyclic) bond motifs is 16. The van der Waals surface area contributed by atoms with Crippen molar-refractivity contribution in [2.24, 2.45) is 0 Å². The fourth-order valence-electron chi connectivity index (χ4n) is 7.08. The molecule has 5 aromatic carbocycles. The van der Waals surface area contributed by atoms with Gasteiger partial charge >= 0.3 is 5.97 Å². The molecular weight excluding hydrogens is 757 g/mol. The minimum Gasteiger partial charge on any atom is -0.484 e. The molecule has 11 nitrogen and oxygen atoms in total. The van der Waals surface area contributed by atoms with E-state index < -0.39 is 60.4 Å². The molecule has 0 saturated heterocycles. The van der Waals surface area contributed by atoms with Crippen molar-refractivity contribution in [1.82, 2.24) is 21.3 Å². The summed E-state index contributed by atoms with van der Waals surface area (Å²) in [6.07, 6.45) is 0.677. The van der Waals surface area contributed by atoms with E-state index in [0.29, 0.717) is 17.7 Å². The maximum Gasteiger partial charge on any atom is 0.326 e. The fraction of sp³-hybridized carbons (Fsp3) is 0.286. The molecule has 2 aliphatic heterocycles. The van der Waals surface area contributed by atoms with Crippen molar-refractivity contribution in [2.75, 3.05) is 6.61 Å². The zero-order valence-corrected chi connectivity index (χ0v) is 34.2. The van der Waals surface area contributed by atoms with Gasteiger partial charge in [0.05, 0.1) is 0 Å². The van der Waals surface area contributed by atoms with E-state index in [1.165, 1.54) is 0 Å². The quantitative estimate of drug-likeness (QED) is 0.119. The Labute approximate surface area is 351 Å². The second-order valence-electron chi connectivity index (χ2n) is 16.2. The van der Waals surface area contributed by atoms with Gasteiger partial charge in [-0.25, -0.2) is 4.79 Å². The highest BCUT2D eigenvalue weighted by Crippen LogP contribution is 2.23. The normalized spacial score (nSPS) is 19.3. The summed E-state index contributed by atoms with van der Waals surface area (Å²) in [4.78, 5) is 68.8. The Morgan fingerprint density at radius 3 is 1.70 bits per heavy atom. The summed E-state index contributed by atoms with van der Waals surface area (Å²) in [5.74, 6) is -3.37. The van der Waals surface area contributed by atoms with E-state index in [1.807, 2.05) is 109 Å². The van der Waals surface area contributed by atoms with Gasteiger partial charge in [-0.1, -0.05) is 142 Å². The standard InChI is InChI=1S/C49H52N4O7/c1-49(2,3)38-23-16-34(17-24-38)28-41-46(56)52-42(29-33-14-21-37(22-15-33)36-12-8-5-9-13-36)47(57)51-40(27-20-32-10-6-4-7-11-32)45(55)53-43(48(58)59)30-35-18-25-39(26-19-35)60-31-44(54)50-41/h4-19,21-26,40-43H,20,27-31H2,1-3H3,(H,50,54)(H,51,57)(H,52,56)(H,53,55)(H,58,59)/t40-,41-,42+,43-/m0/s1. The second kappa shape index (κ2) is 19.8. The van der Waals surface area contributed by atoms with Crippen LogP contribution >= 0.6 is 0 Å². The number of carboxylic acid groups (broad SMARTS) is 1. The zero-order valence-electron chi connectivity index (χ0n) is 34.2. The van der Waals surface area contributed by atoms with Crippen molar-refractivity contribution in [3.8, 4) is 16.9 Å². The fourth-order valence-corrected chi connectivity index (χ4v) is 7.08. The SMILES string of the molecule is CC(C)(C)c1ccc(C[C@@H]2NC(=O)COc3ccc(cc3)C[C@@H](C(=O)O)NC(=O)[C@H](CCc3ccccc3)NC(=O)[C@@H](Cc3ccc(-c4ccccc4)cc3)NC2=O)cc1. The minimum atomic E-state index is -1.31. The molecule has 0 radical (unpaired) electrons. The van der Waals surface area contributed by atoms with Gasteiger partial charge in [-0.15, -0.1) is 0 Å². The smallest absolute Gasteiger partial charge is 0.326 e. The molecule has 310 valence electrons. The molecule has 2 heterocycles. The van der Waals surface area contributed by atoms with Crippen molar-refractivity contribution < 1.29 is 33.8 Å². The van der Waals surface area contributed by atoms with Crippen molar-refractivity contribution in [1.29, 1.82) is 0 Å². The molecule has 0 aliphatic carbocycles. The third-order valence-corrected chi connectivity index (χ3v) is 10.6. The summed E-state index contributed by atoms with van der Waals surface area (Å²) < 4.78 is 5.76. The Kier molecular flexibility index (Phi) is 14.1. The lowest BCUT2D eigenvalue weighted by Gasteiger charge is -2.26. The number of nitrogens with one attached hydrogen (secondary N) is 4. The summed E-state index contributed by atoms with van der Waals surface area (Å²) >= 11 is 0. The highest BCUT2D eigenvalue weighted by molar-refractivity contribution is 5.95. The second-order valence-corrected chi connectivity index (χ2v) is 16.2. The van der Waals surface area contributed by atoms with Gasteiger partial charge in [0.2, 0.25) is 17.7 Å². The van der Waals surface area contributed by atoms with Gasteiger partial charge in [-0.3, -0.25) is 19.2 Å². The van der Waals surface area contributed by atoms with Crippen LogP contribution in [0.25, 0.3) is 11.1 Å². The van der Waals surface area contributed by atoms with E-state index in [1.54, 1.807) is 24.3 Å². The number of hydrogen-bond acceptors (Lipinski definition) is 6. The van der Waals surface area contributed by atoms with E-state index in [9.17, 15) is 29.1 Å². The largest absolute Gasteiger partial charge is 0.484 e. The van der Waals surface area contributed by atoms with E-state index in [2.05, 4.69) is 42.0 Å². The van der Waals surface area contributed by atoms with Crippen molar-refractivity contribution in [2.45, 2.75) is 82.5 Å². The van der Waals surface area contributed by atoms with E-state index in [-0.39, 0.29) is 31.1 Å². The lowest BCUT2D eigenvalue weighted by atomic mass is 9.86. The number of benzene rings is 5. The average molecular weight is 809 g/mol. The maximum absolute atomic E-state index is 14.5.